The zero-order valence-corrected chi connectivity index (χ0v) is 12.2. The predicted molar refractivity (Wildman–Crippen MR) is 72.4 cm³/mol. The maximum absolute atomic E-state index is 11.9. The summed E-state index contributed by atoms with van der Waals surface area (Å²) >= 11 is 3.33. The second-order valence-electron chi connectivity index (χ2n) is 3.96. The highest BCUT2D eigenvalue weighted by molar-refractivity contribution is 9.10. The molecule has 0 saturated carbocycles. The molecule has 0 aliphatic carbocycles. The Morgan fingerprint density at radius 1 is 1.39 bits per heavy atom. The molecule has 0 aliphatic rings. The quantitative estimate of drug-likeness (QED) is 0.869. The van der Waals surface area contributed by atoms with Crippen LogP contribution in [0.2, 0.25) is 0 Å². The van der Waals surface area contributed by atoms with Gasteiger partial charge < -0.3 is 10.1 Å². The molecular weight excluding hydrogens is 298 g/mol. The number of hydrogen-bond acceptors (Lipinski definition) is 3. The molecule has 0 aromatic heterocycles. The van der Waals surface area contributed by atoms with Crippen molar-refractivity contribution in [2.45, 2.75) is 26.8 Å². The first-order valence-corrected chi connectivity index (χ1v) is 6.48. The Morgan fingerprint density at radius 2 is 2.06 bits per heavy atom. The highest BCUT2D eigenvalue weighted by atomic mass is 79.9. The van der Waals surface area contributed by atoms with Gasteiger partial charge in [-0.1, -0.05) is 15.9 Å². The van der Waals surface area contributed by atoms with Gasteiger partial charge in [0, 0.05) is 10.0 Å². The van der Waals surface area contributed by atoms with Crippen molar-refractivity contribution in [1.82, 2.24) is 5.32 Å². The molecule has 1 unspecified atom stereocenters. The van der Waals surface area contributed by atoms with E-state index in [4.69, 9.17) is 4.74 Å². The van der Waals surface area contributed by atoms with E-state index in [1.165, 1.54) is 0 Å². The number of rotatable bonds is 4. The summed E-state index contributed by atoms with van der Waals surface area (Å²) in [7, 11) is 0. The van der Waals surface area contributed by atoms with E-state index in [0.29, 0.717) is 12.2 Å². The molecule has 18 heavy (non-hydrogen) atoms. The van der Waals surface area contributed by atoms with Crippen molar-refractivity contribution in [3.8, 4) is 0 Å². The molecule has 4 nitrogen and oxygen atoms in total. The number of carbonyl (C=O) groups is 2. The normalized spacial score (nSPS) is 11.8. The van der Waals surface area contributed by atoms with Crippen molar-refractivity contribution in [2.75, 3.05) is 6.61 Å². The monoisotopic (exact) mass is 313 g/mol. The Hall–Kier alpha value is -1.36. The van der Waals surface area contributed by atoms with Gasteiger partial charge in [0.2, 0.25) is 0 Å². The largest absolute Gasteiger partial charge is 0.464 e. The summed E-state index contributed by atoms with van der Waals surface area (Å²) in [6.45, 7) is 5.52. The van der Waals surface area contributed by atoms with Crippen LogP contribution in [-0.4, -0.2) is 24.5 Å². The SMILES string of the molecule is CCOC(=O)C(C)NC(=O)c1cc(C)cc(Br)c1. The highest BCUT2D eigenvalue weighted by Crippen LogP contribution is 2.15. The van der Waals surface area contributed by atoms with Gasteiger partial charge in [0.05, 0.1) is 6.61 Å². The lowest BCUT2D eigenvalue weighted by Crippen LogP contribution is -2.39. The van der Waals surface area contributed by atoms with Crippen LogP contribution in [0.1, 0.15) is 29.8 Å². The van der Waals surface area contributed by atoms with Gasteiger partial charge in [-0.05, 0) is 44.5 Å². The molecule has 0 saturated heterocycles. The first-order chi connectivity index (χ1) is 8.43. The lowest BCUT2D eigenvalue weighted by atomic mass is 10.1. The van der Waals surface area contributed by atoms with Gasteiger partial charge in [-0.25, -0.2) is 4.79 Å². The van der Waals surface area contributed by atoms with Crippen molar-refractivity contribution in [2.24, 2.45) is 0 Å². The molecule has 0 spiro atoms. The second-order valence-corrected chi connectivity index (χ2v) is 4.88. The molecule has 0 aliphatic heterocycles. The number of ether oxygens (including phenoxy) is 1. The molecule has 98 valence electrons. The standard InChI is InChI=1S/C13H16BrNO3/c1-4-18-13(17)9(3)15-12(16)10-5-8(2)6-11(14)7-10/h5-7,9H,4H2,1-3H3,(H,15,16). The van der Waals surface area contributed by atoms with E-state index < -0.39 is 12.0 Å². The maximum atomic E-state index is 11.9. The molecule has 1 aromatic carbocycles. The van der Waals surface area contributed by atoms with E-state index in [1.807, 2.05) is 13.0 Å². The summed E-state index contributed by atoms with van der Waals surface area (Å²) < 4.78 is 5.65. The van der Waals surface area contributed by atoms with E-state index in [-0.39, 0.29) is 5.91 Å². The van der Waals surface area contributed by atoms with E-state index in [1.54, 1.807) is 26.0 Å². The fraction of sp³-hybridized carbons (Fsp3) is 0.385. The summed E-state index contributed by atoms with van der Waals surface area (Å²) in [5.74, 6) is -0.725. The molecule has 0 bridgehead atoms. The summed E-state index contributed by atoms with van der Waals surface area (Å²) in [5, 5.41) is 2.60. The van der Waals surface area contributed by atoms with E-state index >= 15 is 0 Å². The number of amides is 1. The topological polar surface area (TPSA) is 55.4 Å². The number of halogens is 1. The number of carbonyl (C=O) groups excluding carboxylic acids is 2. The van der Waals surface area contributed by atoms with Crippen molar-refractivity contribution in [3.05, 3.63) is 33.8 Å². The zero-order valence-electron chi connectivity index (χ0n) is 10.6. The third-order valence-electron chi connectivity index (χ3n) is 2.29. The van der Waals surface area contributed by atoms with Crippen molar-refractivity contribution >= 4 is 27.8 Å². The molecule has 1 amide bonds. The summed E-state index contributed by atoms with van der Waals surface area (Å²) in [6.07, 6.45) is 0. The third-order valence-corrected chi connectivity index (χ3v) is 2.75. The van der Waals surface area contributed by atoms with Gasteiger partial charge in [-0.3, -0.25) is 4.79 Å². The molecular formula is C13H16BrNO3. The number of nitrogens with one attached hydrogen (secondary N) is 1. The maximum Gasteiger partial charge on any atom is 0.328 e. The molecule has 1 N–H and O–H groups in total. The Morgan fingerprint density at radius 3 is 2.61 bits per heavy atom. The molecule has 5 heteroatoms. The minimum absolute atomic E-state index is 0.292. The fourth-order valence-electron chi connectivity index (χ4n) is 1.47. The van der Waals surface area contributed by atoms with E-state index in [2.05, 4.69) is 21.2 Å². The Balaban J connectivity index is 2.73. The number of hydrogen-bond donors (Lipinski definition) is 1. The molecule has 0 heterocycles. The first kappa shape index (κ1) is 14.7. The van der Waals surface area contributed by atoms with Crippen LogP contribution in [0.5, 0.6) is 0 Å². The molecule has 1 atom stereocenters. The van der Waals surface area contributed by atoms with Gasteiger partial charge in [0.25, 0.3) is 5.91 Å². The van der Waals surface area contributed by atoms with Crippen LogP contribution in [0.3, 0.4) is 0 Å². The summed E-state index contributed by atoms with van der Waals surface area (Å²) in [4.78, 5) is 23.3. The van der Waals surface area contributed by atoms with E-state index in [9.17, 15) is 9.59 Å². The molecule has 0 radical (unpaired) electrons. The number of esters is 1. The highest BCUT2D eigenvalue weighted by Gasteiger charge is 2.17. The number of aryl methyl sites for hydroxylation is 1. The Labute approximate surface area is 115 Å². The average molecular weight is 314 g/mol. The first-order valence-electron chi connectivity index (χ1n) is 5.68. The van der Waals surface area contributed by atoms with Gasteiger partial charge in [0.1, 0.15) is 6.04 Å². The number of benzene rings is 1. The van der Waals surface area contributed by atoms with Crippen LogP contribution in [0, 0.1) is 6.92 Å². The van der Waals surface area contributed by atoms with Crippen molar-refractivity contribution < 1.29 is 14.3 Å². The smallest absolute Gasteiger partial charge is 0.328 e. The van der Waals surface area contributed by atoms with Crippen LogP contribution in [0.25, 0.3) is 0 Å². The van der Waals surface area contributed by atoms with Crippen LogP contribution < -0.4 is 5.32 Å². The second kappa shape index (κ2) is 6.54. The van der Waals surface area contributed by atoms with Gasteiger partial charge in [-0.2, -0.15) is 0 Å². The predicted octanol–water partition coefficient (Wildman–Crippen LogP) is 2.44. The third kappa shape index (κ3) is 4.14. The van der Waals surface area contributed by atoms with Gasteiger partial charge >= 0.3 is 5.97 Å². The Kier molecular flexibility index (Phi) is 5.34. The van der Waals surface area contributed by atoms with Crippen LogP contribution in [0.4, 0.5) is 0 Å². The lowest BCUT2D eigenvalue weighted by Gasteiger charge is -2.13. The summed E-state index contributed by atoms with van der Waals surface area (Å²) in [6, 6.07) is 4.72. The van der Waals surface area contributed by atoms with Crippen LogP contribution in [-0.2, 0) is 9.53 Å². The zero-order chi connectivity index (χ0) is 13.7. The Bertz CT molecular complexity index is 439. The van der Waals surface area contributed by atoms with Gasteiger partial charge in [-0.15, -0.1) is 0 Å². The fourth-order valence-corrected chi connectivity index (χ4v) is 2.08. The van der Waals surface area contributed by atoms with E-state index in [0.717, 1.165) is 10.0 Å². The van der Waals surface area contributed by atoms with Gasteiger partial charge in [0.15, 0.2) is 0 Å². The molecule has 1 aromatic rings. The average Bonchev–Trinajstić information content (AvgIpc) is 2.27. The van der Waals surface area contributed by atoms with Crippen molar-refractivity contribution in [3.63, 3.8) is 0 Å². The lowest BCUT2D eigenvalue weighted by molar-refractivity contribution is -0.144. The van der Waals surface area contributed by atoms with Crippen molar-refractivity contribution in [1.29, 1.82) is 0 Å². The minimum Gasteiger partial charge on any atom is -0.464 e. The summed E-state index contributed by atoms with van der Waals surface area (Å²) in [5.41, 5.74) is 1.48. The van der Waals surface area contributed by atoms with Crippen LogP contribution >= 0.6 is 15.9 Å². The minimum atomic E-state index is -0.656. The molecule has 1 rings (SSSR count). The van der Waals surface area contributed by atoms with Crippen LogP contribution in [0.15, 0.2) is 22.7 Å². The molecule has 0 fully saturated rings.